The summed E-state index contributed by atoms with van der Waals surface area (Å²) in [6.45, 7) is 2.14. The fraction of sp³-hybridized carbons (Fsp3) is 0.500. The highest BCUT2D eigenvalue weighted by atomic mass is 16.6. The highest BCUT2D eigenvalue weighted by Crippen LogP contribution is 2.26. The summed E-state index contributed by atoms with van der Waals surface area (Å²) in [5.74, 6) is -3.47. The molecular formula is C24H33NO5. The minimum absolute atomic E-state index is 0.0769. The van der Waals surface area contributed by atoms with Gasteiger partial charge in [0.25, 0.3) is 5.79 Å². The maximum atomic E-state index is 11.3. The molecule has 2 aromatic rings. The molecule has 0 spiro atoms. The number of carbonyl (C=O) groups excluding carboxylic acids is 1. The number of methoxy groups -OCH3 is 1. The zero-order valence-electron chi connectivity index (χ0n) is 17.9. The van der Waals surface area contributed by atoms with Crippen molar-refractivity contribution in [1.29, 1.82) is 0 Å². The molecule has 0 aliphatic heterocycles. The van der Waals surface area contributed by atoms with Crippen molar-refractivity contribution in [2.75, 3.05) is 7.11 Å². The molecule has 0 aliphatic rings. The van der Waals surface area contributed by atoms with Crippen LogP contribution in [0.4, 0.5) is 0 Å². The number of aromatic nitrogens is 1. The monoisotopic (exact) mass is 415 g/mol. The van der Waals surface area contributed by atoms with E-state index in [4.69, 9.17) is 4.98 Å². The molecule has 30 heavy (non-hydrogen) atoms. The summed E-state index contributed by atoms with van der Waals surface area (Å²) in [4.78, 5) is 16.0. The van der Waals surface area contributed by atoms with E-state index in [0.29, 0.717) is 31.4 Å². The summed E-state index contributed by atoms with van der Waals surface area (Å²) in [5, 5.41) is 31.0. The molecule has 1 aromatic heterocycles. The summed E-state index contributed by atoms with van der Waals surface area (Å²) in [7, 11) is 1.12. The van der Waals surface area contributed by atoms with Crippen LogP contribution >= 0.6 is 0 Å². The van der Waals surface area contributed by atoms with Crippen LogP contribution < -0.4 is 0 Å². The van der Waals surface area contributed by atoms with Crippen LogP contribution in [0.1, 0.15) is 75.7 Å². The van der Waals surface area contributed by atoms with Crippen molar-refractivity contribution in [3.8, 4) is 0 Å². The molecule has 0 unspecified atom stereocenters. The number of rotatable bonds is 12. The van der Waals surface area contributed by atoms with E-state index in [9.17, 15) is 20.1 Å². The number of pyridine rings is 1. The van der Waals surface area contributed by atoms with Gasteiger partial charge in [0.15, 0.2) is 0 Å². The van der Waals surface area contributed by atoms with E-state index in [-0.39, 0.29) is 6.42 Å². The Morgan fingerprint density at radius 3 is 2.70 bits per heavy atom. The van der Waals surface area contributed by atoms with E-state index in [2.05, 4.69) is 11.7 Å². The first-order chi connectivity index (χ1) is 14.4. The van der Waals surface area contributed by atoms with Gasteiger partial charge in [-0.2, -0.15) is 0 Å². The minimum Gasteiger partial charge on any atom is -0.465 e. The molecule has 0 aliphatic carbocycles. The van der Waals surface area contributed by atoms with E-state index >= 15 is 0 Å². The topological polar surface area (TPSA) is 99.9 Å². The van der Waals surface area contributed by atoms with E-state index < -0.39 is 17.9 Å². The maximum Gasteiger partial charge on any atom is 0.366 e. The molecule has 2 rings (SSSR count). The second-order valence-corrected chi connectivity index (χ2v) is 7.62. The molecule has 0 radical (unpaired) electrons. The Labute approximate surface area is 178 Å². The van der Waals surface area contributed by atoms with Crippen LogP contribution in [0.2, 0.25) is 0 Å². The Bertz CT molecular complexity index is 847. The zero-order valence-corrected chi connectivity index (χ0v) is 17.9. The molecule has 0 saturated carbocycles. The van der Waals surface area contributed by atoms with Crippen LogP contribution in [0.25, 0.3) is 17.0 Å². The van der Waals surface area contributed by atoms with Crippen molar-refractivity contribution < 1.29 is 24.9 Å². The van der Waals surface area contributed by atoms with Gasteiger partial charge in [-0.25, -0.2) is 9.78 Å². The van der Waals surface area contributed by atoms with Gasteiger partial charge in [0, 0.05) is 11.8 Å². The number of esters is 1. The first-order valence-electron chi connectivity index (χ1n) is 10.7. The Morgan fingerprint density at radius 2 is 1.97 bits per heavy atom. The second-order valence-electron chi connectivity index (χ2n) is 7.62. The van der Waals surface area contributed by atoms with Crippen LogP contribution in [-0.4, -0.2) is 39.2 Å². The molecule has 6 heteroatoms. The van der Waals surface area contributed by atoms with E-state index in [1.165, 1.54) is 0 Å². The molecule has 1 aromatic carbocycles. The van der Waals surface area contributed by atoms with Gasteiger partial charge in [-0.05, 0) is 43.4 Å². The average molecular weight is 416 g/mol. The zero-order chi connectivity index (χ0) is 22.0. The van der Waals surface area contributed by atoms with Crippen LogP contribution in [-0.2, 0) is 9.53 Å². The molecule has 1 heterocycles. The van der Waals surface area contributed by atoms with Gasteiger partial charge < -0.3 is 20.1 Å². The lowest BCUT2D eigenvalue weighted by atomic mass is 10.0. The van der Waals surface area contributed by atoms with Crippen LogP contribution in [0, 0.1) is 0 Å². The quantitative estimate of drug-likeness (QED) is 0.272. The maximum absolute atomic E-state index is 11.3. The lowest BCUT2D eigenvalue weighted by Crippen LogP contribution is -2.39. The Kier molecular flexibility index (Phi) is 9.43. The molecule has 0 amide bonds. The Balaban J connectivity index is 2.04. The number of unbranched alkanes of at least 4 members (excludes halogenated alkanes) is 4. The molecular weight excluding hydrogens is 382 g/mol. The van der Waals surface area contributed by atoms with Gasteiger partial charge in [0.1, 0.15) is 0 Å². The third kappa shape index (κ3) is 6.90. The molecule has 0 fully saturated rings. The third-order valence-electron chi connectivity index (χ3n) is 5.14. The van der Waals surface area contributed by atoms with Gasteiger partial charge in [0.05, 0.1) is 24.4 Å². The van der Waals surface area contributed by atoms with E-state index in [1.807, 2.05) is 42.5 Å². The predicted octanol–water partition coefficient (Wildman–Crippen LogP) is 4.28. The van der Waals surface area contributed by atoms with E-state index in [0.717, 1.165) is 42.8 Å². The van der Waals surface area contributed by atoms with Crippen molar-refractivity contribution in [2.24, 2.45) is 0 Å². The fourth-order valence-corrected chi connectivity index (χ4v) is 3.38. The molecule has 6 nitrogen and oxygen atoms in total. The molecule has 0 saturated heterocycles. The van der Waals surface area contributed by atoms with Crippen molar-refractivity contribution in [2.45, 2.75) is 70.2 Å². The summed E-state index contributed by atoms with van der Waals surface area (Å²) < 4.78 is 4.37. The van der Waals surface area contributed by atoms with Crippen LogP contribution in [0.5, 0.6) is 0 Å². The van der Waals surface area contributed by atoms with Gasteiger partial charge in [-0.15, -0.1) is 0 Å². The Morgan fingerprint density at radius 1 is 1.20 bits per heavy atom. The number of benzene rings is 1. The molecule has 164 valence electrons. The summed E-state index contributed by atoms with van der Waals surface area (Å²) in [6.07, 6.45) is 8.95. The largest absolute Gasteiger partial charge is 0.465 e. The van der Waals surface area contributed by atoms with Gasteiger partial charge in [-0.1, -0.05) is 56.5 Å². The first kappa shape index (κ1) is 24.0. The smallest absolute Gasteiger partial charge is 0.366 e. The number of ether oxygens (including phenoxy) is 1. The Hall–Kier alpha value is -2.28. The second kappa shape index (κ2) is 11.8. The van der Waals surface area contributed by atoms with Crippen molar-refractivity contribution in [3.63, 3.8) is 0 Å². The number of hydrogen-bond donors (Lipinski definition) is 3. The first-order valence-corrected chi connectivity index (χ1v) is 10.7. The number of carbonyl (C=O) groups is 1. The normalized spacial score (nSPS) is 13.1. The average Bonchev–Trinajstić information content (AvgIpc) is 2.74. The number of para-hydroxylation sites is 1. The van der Waals surface area contributed by atoms with Crippen molar-refractivity contribution >= 4 is 22.9 Å². The standard InChI is InChI=1S/C24H33NO5/c1-3-4-7-15-21(26)22-19(17-18-12-9-10-14-20(18)25-22)13-8-5-6-11-16-24(28,29)23(27)30-2/h8-10,12-14,17,21,26,28-29H,3-7,11,15-16H2,1-2H3/b13-8+/t21-/m1/s1. The van der Waals surface area contributed by atoms with Crippen molar-refractivity contribution in [3.05, 3.63) is 47.7 Å². The molecule has 0 bridgehead atoms. The van der Waals surface area contributed by atoms with Gasteiger partial charge in [0.2, 0.25) is 0 Å². The number of hydrogen-bond acceptors (Lipinski definition) is 6. The predicted molar refractivity (Wildman–Crippen MR) is 118 cm³/mol. The minimum atomic E-state index is -2.43. The summed E-state index contributed by atoms with van der Waals surface area (Å²) in [6, 6.07) is 9.89. The number of aliphatic hydroxyl groups excluding tert-OH is 1. The third-order valence-corrected chi connectivity index (χ3v) is 5.14. The summed E-state index contributed by atoms with van der Waals surface area (Å²) >= 11 is 0. The van der Waals surface area contributed by atoms with Crippen LogP contribution in [0.3, 0.4) is 0 Å². The number of fused-ring (bicyclic) bond motifs is 1. The highest BCUT2D eigenvalue weighted by Gasteiger charge is 2.33. The van der Waals surface area contributed by atoms with Crippen molar-refractivity contribution in [1.82, 2.24) is 4.98 Å². The SMILES string of the molecule is CCCCC[C@@H](O)c1nc2ccccc2cc1/C=C/CCCCC(O)(O)C(=O)OC. The highest BCUT2D eigenvalue weighted by molar-refractivity contribution is 5.81. The number of allylic oxidation sites excluding steroid dienone is 1. The van der Waals surface area contributed by atoms with E-state index in [1.54, 1.807) is 0 Å². The number of aliphatic hydroxyl groups is 3. The lowest BCUT2D eigenvalue weighted by molar-refractivity contribution is -0.209. The fourth-order valence-electron chi connectivity index (χ4n) is 3.38. The molecule has 3 N–H and O–H groups in total. The van der Waals surface area contributed by atoms with Gasteiger partial charge >= 0.3 is 5.97 Å². The molecule has 1 atom stereocenters. The lowest BCUT2D eigenvalue weighted by Gasteiger charge is -2.17. The number of nitrogens with zero attached hydrogens (tertiary/aromatic N) is 1. The van der Waals surface area contributed by atoms with Crippen LogP contribution in [0.15, 0.2) is 36.4 Å². The summed E-state index contributed by atoms with van der Waals surface area (Å²) in [5.41, 5.74) is 2.45. The van der Waals surface area contributed by atoms with Gasteiger partial charge in [-0.3, -0.25) is 0 Å².